The van der Waals surface area contributed by atoms with Crippen LogP contribution >= 0.6 is 0 Å². The van der Waals surface area contributed by atoms with E-state index < -0.39 is 11.9 Å². The lowest BCUT2D eigenvalue weighted by Crippen LogP contribution is -2.38. The molecule has 2 heterocycles. The largest absolute Gasteiger partial charge is 0.497 e. The van der Waals surface area contributed by atoms with Crippen LogP contribution in [0.5, 0.6) is 17.5 Å². The molecule has 0 spiro atoms. The summed E-state index contributed by atoms with van der Waals surface area (Å²) in [6.45, 7) is 2.23. The third-order valence-electron chi connectivity index (χ3n) is 4.55. The standard InChI is InChI=1S/C19H22F3N3O3/c1-26-15-9-13(10-16(11-15)27-2)12-25-7-4-14(5-8-25)28-18-23-6-3-17(24-18)19(20,21)22/h3,6,9-11,14H,4-5,7-8,12H2,1-2H3. The Kier molecular flexibility index (Phi) is 6.23. The Bertz CT molecular complexity index is 771. The third-order valence-corrected chi connectivity index (χ3v) is 4.55. The zero-order valence-electron chi connectivity index (χ0n) is 15.7. The van der Waals surface area contributed by atoms with E-state index in [1.165, 1.54) is 0 Å². The van der Waals surface area contributed by atoms with Gasteiger partial charge in [-0.15, -0.1) is 0 Å². The molecule has 0 N–H and O–H groups in total. The summed E-state index contributed by atoms with van der Waals surface area (Å²) in [5, 5.41) is 0. The molecule has 0 atom stereocenters. The predicted octanol–water partition coefficient (Wildman–Crippen LogP) is 3.56. The molecule has 28 heavy (non-hydrogen) atoms. The van der Waals surface area contributed by atoms with Crippen LogP contribution in [-0.4, -0.2) is 48.3 Å². The van der Waals surface area contributed by atoms with Crippen LogP contribution in [0.3, 0.4) is 0 Å². The van der Waals surface area contributed by atoms with Crippen molar-refractivity contribution in [2.75, 3.05) is 27.3 Å². The van der Waals surface area contributed by atoms with Crippen LogP contribution in [-0.2, 0) is 12.7 Å². The highest BCUT2D eigenvalue weighted by atomic mass is 19.4. The summed E-state index contributed by atoms with van der Waals surface area (Å²) in [4.78, 5) is 9.51. The molecule has 6 nitrogen and oxygen atoms in total. The van der Waals surface area contributed by atoms with Gasteiger partial charge in [-0.1, -0.05) is 0 Å². The molecule has 0 aliphatic carbocycles. The summed E-state index contributed by atoms with van der Waals surface area (Å²) in [6, 6.07) is 6.34. The summed E-state index contributed by atoms with van der Waals surface area (Å²) in [5.41, 5.74) is 0.0682. The highest BCUT2D eigenvalue weighted by molar-refractivity contribution is 5.38. The van der Waals surface area contributed by atoms with Crippen molar-refractivity contribution >= 4 is 0 Å². The maximum Gasteiger partial charge on any atom is 0.433 e. The molecule has 1 saturated heterocycles. The van der Waals surface area contributed by atoms with Crippen LogP contribution in [0.4, 0.5) is 13.2 Å². The van der Waals surface area contributed by atoms with Crippen molar-refractivity contribution in [3.05, 3.63) is 41.7 Å². The van der Waals surface area contributed by atoms with E-state index in [0.717, 1.165) is 49.0 Å². The first-order chi connectivity index (χ1) is 13.4. The van der Waals surface area contributed by atoms with Crippen molar-refractivity contribution in [1.29, 1.82) is 0 Å². The number of alkyl halides is 3. The van der Waals surface area contributed by atoms with Gasteiger partial charge >= 0.3 is 12.2 Å². The highest BCUT2D eigenvalue weighted by Gasteiger charge is 2.33. The Hall–Kier alpha value is -2.55. The number of benzene rings is 1. The minimum absolute atomic E-state index is 0.209. The number of aromatic nitrogens is 2. The molecule has 2 aromatic rings. The summed E-state index contributed by atoms with van der Waals surface area (Å²) in [5.74, 6) is 1.46. The predicted molar refractivity (Wildman–Crippen MR) is 95.5 cm³/mol. The Labute approximate surface area is 161 Å². The van der Waals surface area contributed by atoms with Crippen molar-refractivity contribution in [3.63, 3.8) is 0 Å². The molecule has 1 aliphatic heterocycles. The van der Waals surface area contributed by atoms with Crippen molar-refractivity contribution < 1.29 is 27.4 Å². The van der Waals surface area contributed by atoms with Crippen LogP contribution in [0.2, 0.25) is 0 Å². The molecule has 1 aromatic carbocycles. The quantitative estimate of drug-likeness (QED) is 0.743. The summed E-state index contributed by atoms with van der Waals surface area (Å²) < 4.78 is 54.4. The number of methoxy groups -OCH3 is 2. The molecule has 0 bridgehead atoms. The summed E-state index contributed by atoms with van der Waals surface area (Å²) in [6.07, 6.45) is -2.29. The van der Waals surface area contributed by atoms with E-state index >= 15 is 0 Å². The fraction of sp³-hybridized carbons (Fsp3) is 0.474. The number of piperidine rings is 1. The Morgan fingerprint density at radius 2 is 1.71 bits per heavy atom. The lowest BCUT2D eigenvalue weighted by atomic mass is 10.1. The number of halogens is 3. The van der Waals surface area contributed by atoms with Gasteiger partial charge in [-0.2, -0.15) is 18.2 Å². The van der Waals surface area contributed by atoms with E-state index in [1.807, 2.05) is 18.2 Å². The van der Waals surface area contributed by atoms with Crippen LogP contribution in [0.15, 0.2) is 30.5 Å². The Balaban J connectivity index is 1.55. The van der Waals surface area contributed by atoms with Crippen molar-refractivity contribution in [2.45, 2.75) is 31.7 Å². The van der Waals surface area contributed by atoms with Gasteiger partial charge in [0.15, 0.2) is 5.69 Å². The zero-order valence-corrected chi connectivity index (χ0v) is 15.7. The van der Waals surface area contributed by atoms with Gasteiger partial charge in [0.05, 0.1) is 14.2 Å². The van der Waals surface area contributed by atoms with E-state index in [2.05, 4.69) is 14.9 Å². The van der Waals surface area contributed by atoms with Crippen LogP contribution in [0.1, 0.15) is 24.1 Å². The minimum atomic E-state index is -4.51. The van der Waals surface area contributed by atoms with Gasteiger partial charge in [0, 0.05) is 31.9 Å². The average molecular weight is 397 g/mol. The van der Waals surface area contributed by atoms with E-state index in [-0.39, 0.29) is 12.1 Å². The number of nitrogens with zero attached hydrogens (tertiary/aromatic N) is 3. The second-order valence-electron chi connectivity index (χ2n) is 6.54. The maximum absolute atomic E-state index is 12.7. The van der Waals surface area contributed by atoms with Crippen LogP contribution in [0, 0.1) is 0 Å². The van der Waals surface area contributed by atoms with Crippen molar-refractivity contribution in [2.24, 2.45) is 0 Å². The van der Waals surface area contributed by atoms with Crippen molar-refractivity contribution in [3.8, 4) is 17.5 Å². The Morgan fingerprint density at radius 1 is 1.07 bits per heavy atom. The normalized spacial score (nSPS) is 16.0. The van der Waals surface area contributed by atoms with Gasteiger partial charge in [-0.05, 0) is 36.6 Å². The molecule has 0 amide bonds. The maximum atomic E-state index is 12.7. The van der Waals surface area contributed by atoms with Crippen molar-refractivity contribution in [1.82, 2.24) is 14.9 Å². The number of rotatable bonds is 6. The molecule has 1 aromatic heterocycles. The summed E-state index contributed by atoms with van der Waals surface area (Å²) in [7, 11) is 3.22. The lowest BCUT2D eigenvalue weighted by Gasteiger charge is -2.31. The second kappa shape index (κ2) is 8.64. The second-order valence-corrected chi connectivity index (χ2v) is 6.54. The van der Waals surface area contributed by atoms with E-state index in [4.69, 9.17) is 14.2 Å². The molecular weight excluding hydrogens is 375 g/mol. The third kappa shape index (κ3) is 5.25. The highest BCUT2D eigenvalue weighted by Crippen LogP contribution is 2.29. The van der Waals surface area contributed by atoms with E-state index in [0.29, 0.717) is 12.8 Å². The molecule has 0 radical (unpaired) electrons. The molecule has 0 unspecified atom stereocenters. The number of hydrogen-bond donors (Lipinski definition) is 0. The summed E-state index contributed by atoms with van der Waals surface area (Å²) >= 11 is 0. The molecule has 1 aliphatic rings. The topological polar surface area (TPSA) is 56.7 Å². The van der Waals surface area contributed by atoms with Gasteiger partial charge < -0.3 is 14.2 Å². The van der Waals surface area contributed by atoms with Gasteiger partial charge in [0.1, 0.15) is 17.6 Å². The minimum Gasteiger partial charge on any atom is -0.497 e. The Morgan fingerprint density at radius 3 is 2.29 bits per heavy atom. The van der Waals surface area contributed by atoms with E-state index in [9.17, 15) is 13.2 Å². The lowest BCUT2D eigenvalue weighted by molar-refractivity contribution is -0.141. The first-order valence-electron chi connectivity index (χ1n) is 8.88. The SMILES string of the molecule is COc1cc(CN2CCC(Oc3nccc(C(F)(F)F)n3)CC2)cc(OC)c1. The van der Waals surface area contributed by atoms with Crippen LogP contribution in [0.25, 0.3) is 0 Å². The first-order valence-corrected chi connectivity index (χ1v) is 8.88. The van der Waals surface area contributed by atoms with Crippen LogP contribution < -0.4 is 14.2 Å². The molecule has 0 saturated carbocycles. The number of ether oxygens (including phenoxy) is 3. The molecule has 152 valence electrons. The molecule has 9 heteroatoms. The van der Waals surface area contributed by atoms with E-state index in [1.54, 1.807) is 14.2 Å². The molecular formula is C19H22F3N3O3. The smallest absolute Gasteiger partial charge is 0.433 e. The fourth-order valence-electron chi connectivity index (χ4n) is 3.11. The van der Waals surface area contributed by atoms with Gasteiger partial charge in [-0.25, -0.2) is 4.98 Å². The number of likely N-dealkylation sites (tertiary alicyclic amines) is 1. The number of hydrogen-bond acceptors (Lipinski definition) is 6. The van der Waals surface area contributed by atoms with Gasteiger partial charge in [0.25, 0.3) is 0 Å². The fourth-order valence-corrected chi connectivity index (χ4v) is 3.11. The first kappa shape index (κ1) is 20.2. The molecule has 1 fully saturated rings. The zero-order chi connectivity index (χ0) is 20.1. The molecule has 3 rings (SSSR count). The van der Waals surface area contributed by atoms with Gasteiger partial charge in [-0.3, -0.25) is 4.90 Å². The average Bonchev–Trinajstić information content (AvgIpc) is 2.68. The monoisotopic (exact) mass is 397 g/mol. The van der Waals surface area contributed by atoms with Gasteiger partial charge in [0.2, 0.25) is 0 Å².